The van der Waals surface area contributed by atoms with Crippen LogP contribution >= 0.6 is 0 Å². The number of ether oxygens (including phenoxy) is 2. The molecule has 0 amide bonds. The average Bonchev–Trinajstić information content (AvgIpc) is 2.60. The highest BCUT2D eigenvalue weighted by Crippen LogP contribution is 2.38. The molecule has 0 spiro atoms. The van der Waals surface area contributed by atoms with Crippen molar-refractivity contribution in [3.8, 4) is 22.8 Å². The largest absolute Gasteiger partial charge is 0.493 e. The zero-order chi connectivity index (χ0) is 17.3. The molecule has 0 unspecified atom stereocenters. The summed E-state index contributed by atoms with van der Waals surface area (Å²) >= 11 is 0. The Morgan fingerprint density at radius 2 is 1.58 bits per heavy atom. The number of pyridine rings is 1. The van der Waals surface area contributed by atoms with Gasteiger partial charge in [-0.15, -0.1) is 0 Å². The molecule has 7 nitrogen and oxygen atoms in total. The van der Waals surface area contributed by atoms with Crippen molar-refractivity contribution in [2.75, 3.05) is 14.2 Å². The first kappa shape index (κ1) is 15.5. The topological polar surface area (TPSA) is 94.5 Å². The van der Waals surface area contributed by atoms with E-state index in [4.69, 9.17) is 9.47 Å². The zero-order valence-corrected chi connectivity index (χ0v) is 13.0. The second-order valence-corrected chi connectivity index (χ2v) is 5.05. The molecule has 3 aromatic rings. The van der Waals surface area contributed by atoms with Gasteiger partial charge >= 0.3 is 11.2 Å². The molecule has 1 N–H and O–H groups in total. The van der Waals surface area contributed by atoms with Gasteiger partial charge in [0.2, 0.25) is 0 Å². The van der Waals surface area contributed by atoms with Crippen molar-refractivity contribution in [2.24, 2.45) is 0 Å². The second-order valence-electron chi connectivity index (χ2n) is 5.05. The highest BCUT2D eigenvalue weighted by Gasteiger charge is 2.23. The van der Waals surface area contributed by atoms with Crippen LogP contribution in [0.15, 0.2) is 47.3 Å². The minimum atomic E-state index is -0.765. The Morgan fingerprint density at radius 3 is 2.12 bits per heavy atom. The molecule has 7 heteroatoms. The fourth-order valence-corrected chi connectivity index (χ4v) is 2.66. The minimum Gasteiger partial charge on any atom is -0.493 e. The third-order valence-corrected chi connectivity index (χ3v) is 3.75. The molecule has 0 aliphatic carbocycles. The first-order chi connectivity index (χ1) is 11.6. The Balaban J connectivity index is 2.49. The van der Waals surface area contributed by atoms with Crippen LogP contribution in [0.3, 0.4) is 0 Å². The molecule has 0 fully saturated rings. The Labute approximate surface area is 136 Å². The standard InChI is InChI=1S/C17H14N2O5/c1-23-13-8-11-12(9-14(13)24-2)16(19(21)22)17(20)18-15(11)10-6-4-3-5-7-10/h3-9H,1-2H3,(H,18,20). The predicted octanol–water partition coefficient (Wildman–Crippen LogP) is 3.12. The first-order valence-corrected chi connectivity index (χ1v) is 7.08. The molecule has 0 aliphatic heterocycles. The number of H-pyrrole nitrogens is 1. The van der Waals surface area contributed by atoms with E-state index in [9.17, 15) is 14.9 Å². The fourth-order valence-electron chi connectivity index (χ4n) is 2.66. The highest BCUT2D eigenvalue weighted by atomic mass is 16.6. The lowest BCUT2D eigenvalue weighted by Crippen LogP contribution is -2.13. The summed E-state index contributed by atoms with van der Waals surface area (Å²) in [5, 5.41) is 12.1. The molecule has 1 heterocycles. The SMILES string of the molecule is COc1cc2c(-c3ccccc3)[nH]c(=O)c([N+](=O)[O-])c2cc1OC. The fraction of sp³-hybridized carbons (Fsp3) is 0.118. The van der Waals surface area contributed by atoms with Gasteiger partial charge in [-0.2, -0.15) is 0 Å². The van der Waals surface area contributed by atoms with Gasteiger partial charge < -0.3 is 14.5 Å². The summed E-state index contributed by atoms with van der Waals surface area (Å²) in [6, 6.07) is 12.2. The molecule has 0 bridgehead atoms. The van der Waals surface area contributed by atoms with E-state index in [0.29, 0.717) is 22.6 Å². The predicted molar refractivity (Wildman–Crippen MR) is 89.8 cm³/mol. The van der Waals surface area contributed by atoms with Crippen LogP contribution in [0, 0.1) is 10.1 Å². The van der Waals surface area contributed by atoms with Gasteiger partial charge in [0.05, 0.1) is 30.2 Å². The van der Waals surface area contributed by atoms with Gasteiger partial charge in [0.1, 0.15) is 0 Å². The normalized spacial score (nSPS) is 10.6. The lowest BCUT2D eigenvalue weighted by molar-refractivity contribution is -0.384. The smallest absolute Gasteiger partial charge is 0.341 e. The number of aromatic nitrogens is 1. The van der Waals surface area contributed by atoms with Crippen LogP contribution in [0.2, 0.25) is 0 Å². The maximum Gasteiger partial charge on any atom is 0.341 e. The van der Waals surface area contributed by atoms with Gasteiger partial charge in [-0.3, -0.25) is 14.9 Å². The number of fused-ring (bicyclic) bond motifs is 1. The van der Waals surface area contributed by atoms with E-state index in [1.54, 1.807) is 6.07 Å². The van der Waals surface area contributed by atoms with E-state index >= 15 is 0 Å². The molecule has 3 rings (SSSR count). The van der Waals surface area contributed by atoms with Crippen molar-refractivity contribution in [3.63, 3.8) is 0 Å². The summed E-state index contributed by atoms with van der Waals surface area (Å²) in [5.41, 5.74) is -0.0620. The lowest BCUT2D eigenvalue weighted by Gasteiger charge is -2.12. The Morgan fingerprint density at radius 1 is 1.00 bits per heavy atom. The van der Waals surface area contributed by atoms with Crippen LogP contribution in [-0.4, -0.2) is 24.1 Å². The van der Waals surface area contributed by atoms with Crippen LogP contribution in [0.1, 0.15) is 0 Å². The minimum absolute atomic E-state index is 0.195. The summed E-state index contributed by atoms with van der Waals surface area (Å²) in [6.07, 6.45) is 0. The van der Waals surface area contributed by atoms with Crippen LogP contribution < -0.4 is 15.0 Å². The van der Waals surface area contributed by atoms with Gasteiger partial charge in [-0.05, 0) is 17.7 Å². The third kappa shape index (κ3) is 2.45. The molecule has 0 atom stereocenters. The lowest BCUT2D eigenvalue weighted by atomic mass is 10.0. The number of hydrogen-bond acceptors (Lipinski definition) is 5. The van der Waals surface area contributed by atoms with Gasteiger partial charge in [-0.1, -0.05) is 30.3 Å². The monoisotopic (exact) mass is 326 g/mol. The summed E-state index contributed by atoms with van der Waals surface area (Å²) in [6.45, 7) is 0. The molecule has 0 radical (unpaired) electrons. The Hall–Kier alpha value is -3.35. The van der Waals surface area contributed by atoms with E-state index in [1.165, 1.54) is 20.3 Å². The van der Waals surface area contributed by atoms with Crippen molar-refractivity contribution >= 4 is 16.5 Å². The van der Waals surface area contributed by atoms with Crippen molar-refractivity contribution in [1.29, 1.82) is 0 Å². The van der Waals surface area contributed by atoms with Crippen molar-refractivity contribution in [2.45, 2.75) is 0 Å². The number of hydrogen-bond donors (Lipinski definition) is 1. The summed E-state index contributed by atoms with van der Waals surface area (Å²) in [5.74, 6) is 0.737. The molecule has 122 valence electrons. The van der Waals surface area contributed by atoms with Gasteiger partial charge in [0.15, 0.2) is 11.5 Å². The van der Waals surface area contributed by atoms with Crippen LogP contribution in [0.4, 0.5) is 5.69 Å². The average molecular weight is 326 g/mol. The molecular formula is C17H14N2O5. The number of nitrogens with zero attached hydrogens (tertiary/aromatic N) is 1. The van der Waals surface area contributed by atoms with Crippen molar-refractivity contribution < 1.29 is 14.4 Å². The quantitative estimate of drug-likeness (QED) is 0.587. The summed E-state index contributed by atoms with van der Waals surface area (Å²) in [7, 11) is 2.91. The van der Waals surface area contributed by atoms with E-state index in [1.807, 2.05) is 30.3 Å². The van der Waals surface area contributed by atoms with Gasteiger partial charge in [-0.25, -0.2) is 0 Å². The molecule has 1 aromatic heterocycles. The second kappa shape index (κ2) is 6.04. The summed E-state index contributed by atoms with van der Waals surface area (Å²) in [4.78, 5) is 25.5. The number of benzene rings is 2. The van der Waals surface area contributed by atoms with E-state index < -0.39 is 16.2 Å². The summed E-state index contributed by atoms with van der Waals surface area (Å²) < 4.78 is 10.5. The molecule has 24 heavy (non-hydrogen) atoms. The van der Waals surface area contributed by atoms with E-state index in [2.05, 4.69) is 4.98 Å². The van der Waals surface area contributed by atoms with E-state index in [0.717, 1.165) is 5.56 Å². The Bertz CT molecular complexity index is 980. The maximum atomic E-state index is 12.3. The zero-order valence-electron chi connectivity index (χ0n) is 13.0. The highest BCUT2D eigenvalue weighted by molar-refractivity contribution is 6.01. The molecule has 0 saturated carbocycles. The maximum absolute atomic E-state index is 12.3. The van der Waals surface area contributed by atoms with Gasteiger partial charge in [0, 0.05) is 5.39 Å². The molecule has 2 aromatic carbocycles. The van der Waals surface area contributed by atoms with Crippen LogP contribution in [0.25, 0.3) is 22.0 Å². The number of aromatic amines is 1. The number of methoxy groups -OCH3 is 2. The van der Waals surface area contributed by atoms with Crippen LogP contribution in [-0.2, 0) is 0 Å². The van der Waals surface area contributed by atoms with Gasteiger partial charge in [0.25, 0.3) is 0 Å². The Kier molecular flexibility index (Phi) is 3.91. The molecule has 0 saturated heterocycles. The van der Waals surface area contributed by atoms with E-state index in [-0.39, 0.29) is 5.39 Å². The molecule has 0 aliphatic rings. The number of nitrogens with one attached hydrogen (secondary N) is 1. The molecular weight excluding hydrogens is 312 g/mol. The third-order valence-electron chi connectivity index (χ3n) is 3.75. The van der Waals surface area contributed by atoms with Crippen molar-refractivity contribution in [3.05, 3.63) is 62.9 Å². The number of rotatable bonds is 4. The van der Waals surface area contributed by atoms with Crippen molar-refractivity contribution in [1.82, 2.24) is 4.98 Å². The number of nitro groups is 1. The van der Waals surface area contributed by atoms with Crippen LogP contribution in [0.5, 0.6) is 11.5 Å². The first-order valence-electron chi connectivity index (χ1n) is 7.08.